The average molecular weight is 489 g/mol. The highest BCUT2D eigenvalue weighted by Crippen LogP contribution is 2.02. The first-order valence-corrected chi connectivity index (χ1v) is 13.8. The number of rotatable bonds is 27. The molecular formula is C24H60N10. The monoisotopic (exact) mass is 489 g/mol. The van der Waals surface area contributed by atoms with Gasteiger partial charge in [-0.1, -0.05) is 13.3 Å². The van der Waals surface area contributed by atoms with Crippen molar-refractivity contribution in [1.29, 1.82) is 0 Å². The third-order valence-corrected chi connectivity index (χ3v) is 6.16. The molecule has 0 aliphatic heterocycles. The Morgan fingerprint density at radius 1 is 0.412 bits per heavy atom. The van der Waals surface area contributed by atoms with Crippen molar-refractivity contribution in [2.45, 2.75) is 32.6 Å². The van der Waals surface area contributed by atoms with E-state index >= 15 is 0 Å². The van der Waals surface area contributed by atoms with Gasteiger partial charge in [-0.25, -0.2) is 0 Å². The second-order valence-corrected chi connectivity index (χ2v) is 9.12. The third-order valence-electron chi connectivity index (χ3n) is 6.16. The first-order valence-electron chi connectivity index (χ1n) is 13.8. The highest BCUT2D eigenvalue weighted by Gasteiger charge is 2.09. The van der Waals surface area contributed by atoms with E-state index in [9.17, 15) is 0 Å². The summed E-state index contributed by atoms with van der Waals surface area (Å²) in [5, 5.41) is 3.59. The van der Waals surface area contributed by atoms with Crippen LogP contribution in [0.2, 0.25) is 0 Å². The highest BCUT2D eigenvalue weighted by atomic mass is 15.2. The first kappa shape index (κ1) is 33.6. The summed E-state index contributed by atoms with van der Waals surface area (Å²) in [6.07, 6.45) is 4.80. The van der Waals surface area contributed by atoms with E-state index in [4.69, 9.17) is 28.7 Å². The van der Waals surface area contributed by atoms with Crippen molar-refractivity contribution in [2.75, 3.05) is 124 Å². The summed E-state index contributed by atoms with van der Waals surface area (Å²) in [5.74, 6) is 0. The standard InChI is InChI=1S/C24H60N10/c1-2-13-31(16-6-25)21-11-30-12-22-34(20-10-29)24-23-33(19-9-28)15-5-3-4-14-32(17-7-26)18-8-27/h30H,2-29H2,1H3. The molecule has 0 aromatic carbocycles. The number of hydrogen-bond acceptors (Lipinski definition) is 10. The van der Waals surface area contributed by atoms with Gasteiger partial charge < -0.3 is 48.7 Å². The van der Waals surface area contributed by atoms with Gasteiger partial charge in [-0.3, -0.25) is 4.90 Å². The van der Waals surface area contributed by atoms with Gasteiger partial charge in [0.25, 0.3) is 0 Å². The highest BCUT2D eigenvalue weighted by molar-refractivity contribution is 4.68. The minimum Gasteiger partial charge on any atom is -0.329 e. The maximum atomic E-state index is 5.88. The average Bonchev–Trinajstić information content (AvgIpc) is 2.82. The molecule has 0 atom stereocenters. The number of hydrogen-bond donors (Lipinski definition) is 6. The zero-order valence-electron chi connectivity index (χ0n) is 22.4. The summed E-state index contributed by atoms with van der Waals surface area (Å²) in [5.41, 5.74) is 28.9. The van der Waals surface area contributed by atoms with Crippen LogP contribution in [0.15, 0.2) is 0 Å². The fraction of sp³-hybridized carbons (Fsp3) is 1.00. The fourth-order valence-corrected chi connectivity index (χ4v) is 4.30. The van der Waals surface area contributed by atoms with Gasteiger partial charge in [-0.05, 0) is 38.9 Å². The van der Waals surface area contributed by atoms with Crippen LogP contribution < -0.4 is 34.0 Å². The Hall–Kier alpha value is -0.400. The molecule has 0 saturated heterocycles. The van der Waals surface area contributed by atoms with Crippen LogP contribution in [0.1, 0.15) is 32.6 Å². The van der Waals surface area contributed by atoms with Crippen LogP contribution in [-0.2, 0) is 0 Å². The topological polar surface area (TPSA) is 155 Å². The molecule has 0 amide bonds. The zero-order chi connectivity index (χ0) is 25.3. The predicted octanol–water partition coefficient (Wildman–Crippen LogP) is -1.84. The molecule has 0 unspecified atom stereocenters. The maximum Gasteiger partial charge on any atom is 0.0110 e. The van der Waals surface area contributed by atoms with Crippen molar-refractivity contribution < 1.29 is 0 Å². The Morgan fingerprint density at radius 2 is 0.765 bits per heavy atom. The lowest BCUT2D eigenvalue weighted by molar-refractivity contribution is 0.204. The Kier molecular flexibility index (Phi) is 25.4. The normalized spacial score (nSPS) is 12.2. The summed E-state index contributed by atoms with van der Waals surface area (Å²) in [6, 6.07) is 0. The summed E-state index contributed by atoms with van der Waals surface area (Å²) >= 11 is 0. The van der Waals surface area contributed by atoms with E-state index in [2.05, 4.69) is 31.8 Å². The van der Waals surface area contributed by atoms with Crippen LogP contribution in [0, 0.1) is 0 Å². The van der Waals surface area contributed by atoms with Crippen LogP contribution in [0.25, 0.3) is 0 Å². The van der Waals surface area contributed by atoms with E-state index in [1.807, 2.05) is 0 Å². The Bertz CT molecular complexity index is 354. The van der Waals surface area contributed by atoms with Crippen LogP contribution in [0.4, 0.5) is 0 Å². The lowest BCUT2D eigenvalue weighted by atomic mass is 10.2. The van der Waals surface area contributed by atoms with E-state index in [0.717, 1.165) is 98.2 Å². The van der Waals surface area contributed by atoms with Crippen LogP contribution in [0.3, 0.4) is 0 Å². The Morgan fingerprint density at radius 3 is 1.15 bits per heavy atom. The Balaban J connectivity index is 4.17. The van der Waals surface area contributed by atoms with Crippen LogP contribution >= 0.6 is 0 Å². The molecule has 0 aromatic heterocycles. The zero-order valence-corrected chi connectivity index (χ0v) is 22.4. The van der Waals surface area contributed by atoms with Crippen molar-refractivity contribution in [3.05, 3.63) is 0 Å². The van der Waals surface area contributed by atoms with E-state index in [1.54, 1.807) is 0 Å². The molecule has 0 aliphatic rings. The van der Waals surface area contributed by atoms with Gasteiger partial charge in [0.1, 0.15) is 0 Å². The molecule has 0 aromatic rings. The molecule has 10 heteroatoms. The number of unbranched alkanes of at least 4 members (excludes halogenated alkanes) is 2. The minimum absolute atomic E-state index is 0.694. The molecule has 11 N–H and O–H groups in total. The summed E-state index contributed by atoms with van der Waals surface area (Å²) in [4.78, 5) is 9.78. The summed E-state index contributed by atoms with van der Waals surface area (Å²) in [6.45, 7) is 20.0. The summed E-state index contributed by atoms with van der Waals surface area (Å²) < 4.78 is 0. The van der Waals surface area contributed by atoms with Gasteiger partial charge in [-0.2, -0.15) is 0 Å². The molecule has 0 aliphatic carbocycles. The lowest BCUT2D eigenvalue weighted by Gasteiger charge is -2.28. The number of nitrogens with zero attached hydrogens (tertiary/aromatic N) is 4. The van der Waals surface area contributed by atoms with Gasteiger partial charge in [0, 0.05) is 105 Å². The largest absolute Gasteiger partial charge is 0.329 e. The van der Waals surface area contributed by atoms with Crippen molar-refractivity contribution in [2.24, 2.45) is 28.7 Å². The molecule has 0 heterocycles. The van der Waals surface area contributed by atoms with E-state index in [-0.39, 0.29) is 0 Å². The van der Waals surface area contributed by atoms with Crippen molar-refractivity contribution in [3.8, 4) is 0 Å². The van der Waals surface area contributed by atoms with E-state index in [0.29, 0.717) is 26.2 Å². The van der Waals surface area contributed by atoms with Gasteiger partial charge in [0.15, 0.2) is 0 Å². The molecule has 0 saturated carbocycles. The SMILES string of the molecule is CCCN(CCN)CCNCCN(CCN)CCN(CCN)CCCCCN(CCN)CCN. The van der Waals surface area contributed by atoms with Crippen LogP contribution in [-0.4, -0.2) is 144 Å². The third kappa shape index (κ3) is 19.9. The van der Waals surface area contributed by atoms with E-state index in [1.165, 1.54) is 25.7 Å². The predicted molar refractivity (Wildman–Crippen MR) is 148 cm³/mol. The quantitative estimate of drug-likeness (QED) is 0.0726. The smallest absolute Gasteiger partial charge is 0.0110 e. The van der Waals surface area contributed by atoms with Gasteiger partial charge in [0.2, 0.25) is 0 Å². The van der Waals surface area contributed by atoms with Gasteiger partial charge >= 0.3 is 0 Å². The number of nitrogens with two attached hydrogens (primary N) is 5. The second kappa shape index (κ2) is 25.7. The fourth-order valence-electron chi connectivity index (χ4n) is 4.30. The first-order chi connectivity index (χ1) is 16.6. The second-order valence-electron chi connectivity index (χ2n) is 9.12. The van der Waals surface area contributed by atoms with E-state index < -0.39 is 0 Å². The van der Waals surface area contributed by atoms with Crippen molar-refractivity contribution in [3.63, 3.8) is 0 Å². The molecule has 0 rings (SSSR count). The van der Waals surface area contributed by atoms with Gasteiger partial charge in [-0.15, -0.1) is 0 Å². The molecule has 0 bridgehead atoms. The van der Waals surface area contributed by atoms with Gasteiger partial charge in [0.05, 0.1) is 0 Å². The molecular weight excluding hydrogens is 428 g/mol. The maximum absolute atomic E-state index is 5.88. The molecule has 0 fully saturated rings. The Labute approximate surface area is 210 Å². The number of nitrogens with one attached hydrogen (secondary N) is 1. The minimum atomic E-state index is 0.694. The lowest BCUT2D eigenvalue weighted by Crippen LogP contribution is -2.43. The molecule has 10 nitrogen and oxygen atoms in total. The van der Waals surface area contributed by atoms with Crippen LogP contribution in [0.5, 0.6) is 0 Å². The molecule has 206 valence electrons. The molecule has 0 radical (unpaired) electrons. The van der Waals surface area contributed by atoms with Crippen molar-refractivity contribution in [1.82, 2.24) is 24.9 Å². The summed E-state index contributed by atoms with van der Waals surface area (Å²) in [7, 11) is 0. The molecule has 34 heavy (non-hydrogen) atoms. The molecule has 0 spiro atoms. The van der Waals surface area contributed by atoms with Crippen molar-refractivity contribution >= 4 is 0 Å².